The number of H-pyrrole nitrogens is 1. The van der Waals surface area contributed by atoms with E-state index in [1.165, 1.54) is 0 Å². The molecular weight excluding hydrogens is 292 g/mol. The van der Waals surface area contributed by atoms with Crippen molar-refractivity contribution in [2.45, 2.75) is 32.7 Å². The standard InChI is InChI=1S/C17H24N4O2/c1-11(2)21-8-13(6-19-21)15-9-20(7-14(15)10-22)17(23)16-12(3)4-5-18-16/h4-6,8,11,14-15,18,22H,7,9-10H2,1-3H3/t14-,15-/m0/s1. The fraction of sp³-hybridized carbons (Fsp3) is 0.529. The topological polar surface area (TPSA) is 74.2 Å². The van der Waals surface area contributed by atoms with Gasteiger partial charge in [0.25, 0.3) is 5.91 Å². The van der Waals surface area contributed by atoms with Gasteiger partial charge >= 0.3 is 0 Å². The van der Waals surface area contributed by atoms with Crippen molar-refractivity contribution in [3.63, 3.8) is 0 Å². The Morgan fingerprint density at radius 2 is 2.26 bits per heavy atom. The van der Waals surface area contributed by atoms with Gasteiger partial charge in [0.05, 0.1) is 6.20 Å². The van der Waals surface area contributed by atoms with Crippen molar-refractivity contribution in [2.24, 2.45) is 5.92 Å². The summed E-state index contributed by atoms with van der Waals surface area (Å²) in [4.78, 5) is 17.5. The molecule has 3 heterocycles. The summed E-state index contributed by atoms with van der Waals surface area (Å²) in [6, 6.07) is 2.20. The molecule has 1 aliphatic rings. The summed E-state index contributed by atoms with van der Waals surface area (Å²) in [6.07, 6.45) is 5.68. The molecule has 0 unspecified atom stereocenters. The van der Waals surface area contributed by atoms with E-state index < -0.39 is 0 Å². The number of likely N-dealkylation sites (tertiary alicyclic amines) is 1. The normalized spacial score (nSPS) is 21.3. The van der Waals surface area contributed by atoms with Crippen LogP contribution in [0.15, 0.2) is 24.7 Å². The van der Waals surface area contributed by atoms with Crippen molar-refractivity contribution in [2.75, 3.05) is 19.7 Å². The number of rotatable bonds is 4. The van der Waals surface area contributed by atoms with Crippen LogP contribution in [0.25, 0.3) is 0 Å². The molecule has 1 aliphatic heterocycles. The zero-order valence-corrected chi connectivity index (χ0v) is 13.9. The number of aromatic nitrogens is 3. The number of nitrogens with zero attached hydrogens (tertiary/aromatic N) is 3. The lowest BCUT2D eigenvalue weighted by Crippen LogP contribution is -2.30. The van der Waals surface area contributed by atoms with Gasteiger partial charge in [0.1, 0.15) is 5.69 Å². The van der Waals surface area contributed by atoms with Crippen LogP contribution in [-0.4, -0.2) is 50.4 Å². The van der Waals surface area contributed by atoms with Crippen molar-refractivity contribution in [1.29, 1.82) is 0 Å². The number of hydrogen-bond acceptors (Lipinski definition) is 3. The zero-order valence-electron chi connectivity index (χ0n) is 13.9. The van der Waals surface area contributed by atoms with Crippen LogP contribution in [0.4, 0.5) is 0 Å². The van der Waals surface area contributed by atoms with E-state index in [4.69, 9.17) is 0 Å². The molecular formula is C17H24N4O2. The third kappa shape index (κ3) is 2.91. The number of aryl methyl sites for hydroxylation is 1. The Balaban J connectivity index is 1.80. The fourth-order valence-corrected chi connectivity index (χ4v) is 3.26. The number of carbonyl (C=O) groups excluding carboxylic acids is 1. The predicted molar refractivity (Wildman–Crippen MR) is 87.4 cm³/mol. The second-order valence-corrected chi connectivity index (χ2v) is 6.64. The van der Waals surface area contributed by atoms with Crippen LogP contribution in [0.2, 0.25) is 0 Å². The molecule has 2 aromatic rings. The molecule has 0 spiro atoms. The molecule has 2 N–H and O–H groups in total. The quantitative estimate of drug-likeness (QED) is 0.905. The highest BCUT2D eigenvalue weighted by atomic mass is 16.3. The maximum atomic E-state index is 12.7. The largest absolute Gasteiger partial charge is 0.396 e. The number of aromatic amines is 1. The van der Waals surface area contributed by atoms with E-state index in [9.17, 15) is 9.90 Å². The minimum absolute atomic E-state index is 0.00435. The van der Waals surface area contributed by atoms with Gasteiger partial charge in [-0.2, -0.15) is 5.10 Å². The summed E-state index contributed by atoms with van der Waals surface area (Å²) in [5, 5.41) is 14.1. The molecule has 2 aromatic heterocycles. The highest BCUT2D eigenvalue weighted by Gasteiger charge is 2.37. The predicted octanol–water partition coefficient (Wildman–Crippen LogP) is 1.95. The molecule has 1 fully saturated rings. The second-order valence-electron chi connectivity index (χ2n) is 6.64. The third-order valence-corrected chi connectivity index (χ3v) is 4.71. The molecule has 124 valence electrons. The first-order chi connectivity index (χ1) is 11.0. The van der Waals surface area contributed by atoms with E-state index in [1.54, 1.807) is 6.20 Å². The van der Waals surface area contributed by atoms with Gasteiger partial charge in [0.2, 0.25) is 0 Å². The van der Waals surface area contributed by atoms with Gasteiger partial charge in [-0.3, -0.25) is 9.48 Å². The Hall–Kier alpha value is -2.08. The summed E-state index contributed by atoms with van der Waals surface area (Å²) in [7, 11) is 0. The Labute approximate surface area is 136 Å². The van der Waals surface area contributed by atoms with Gasteiger partial charge in [-0.1, -0.05) is 0 Å². The molecule has 0 aromatic carbocycles. The molecule has 6 nitrogen and oxygen atoms in total. The van der Waals surface area contributed by atoms with Gasteiger partial charge in [-0.15, -0.1) is 0 Å². The van der Waals surface area contributed by atoms with Crippen molar-refractivity contribution in [1.82, 2.24) is 19.7 Å². The van der Waals surface area contributed by atoms with E-state index in [2.05, 4.69) is 23.9 Å². The van der Waals surface area contributed by atoms with Crippen molar-refractivity contribution in [3.05, 3.63) is 41.5 Å². The average Bonchev–Trinajstić information content (AvgIpc) is 3.24. The second kappa shape index (κ2) is 6.20. The molecule has 1 amide bonds. The molecule has 0 bridgehead atoms. The Morgan fingerprint density at radius 1 is 1.48 bits per heavy atom. The van der Waals surface area contributed by atoms with E-state index >= 15 is 0 Å². The first kappa shape index (κ1) is 15.8. The SMILES string of the molecule is Cc1cc[nH]c1C(=O)N1C[C@@H](CO)[C@H](c2cnn(C(C)C)c2)C1. The lowest BCUT2D eigenvalue weighted by atomic mass is 9.92. The fourth-order valence-electron chi connectivity index (χ4n) is 3.26. The lowest BCUT2D eigenvalue weighted by molar-refractivity contribution is 0.0775. The zero-order chi connectivity index (χ0) is 16.6. The van der Waals surface area contributed by atoms with Crippen LogP contribution in [-0.2, 0) is 0 Å². The Bertz CT molecular complexity index is 688. The Kier molecular flexibility index (Phi) is 4.26. The molecule has 0 saturated carbocycles. The summed E-state index contributed by atoms with van der Waals surface area (Å²) in [5.74, 6) is 0.190. The Morgan fingerprint density at radius 3 is 2.83 bits per heavy atom. The summed E-state index contributed by atoms with van der Waals surface area (Å²) < 4.78 is 1.92. The highest BCUT2D eigenvalue weighted by molar-refractivity contribution is 5.94. The van der Waals surface area contributed by atoms with Crippen LogP contribution in [0.5, 0.6) is 0 Å². The van der Waals surface area contributed by atoms with Crippen LogP contribution in [0.1, 0.15) is 47.4 Å². The number of nitrogens with one attached hydrogen (secondary N) is 1. The molecule has 3 rings (SSSR count). The average molecular weight is 316 g/mol. The smallest absolute Gasteiger partial charge is 0.270 e. The van der Waals surface area contributed by atoms with Gasteiger partial charge in [0, 0.05) is 50.0 Å². The summed E-state index contributed by atoms with van der Waals surface area (Å²) in [6.45, 7) is 7.35. The minimum Gasteiger partial charge on any atom is -0.396 e. The maximum absolute atomic E-state index is 12.7. The van der Waals surface area contributed by atoms with Gasteiger partial charge < -0.3 is 15.0 Å². The minimum atomic E-state index is 0.00435. The van der Waals surface area contributed by atoms with E-state index in [-0.39, 0.29) is 24.3 Å². The molecule has 2 atom stereocenters. The number of aliphatic hydroxyl groups excluding tert-OH is 1. The number of hydrogen-bond donors (Lipinski definition) is 2. The van der Waals surface area contributed by atoms with Crippen LogP contribution < -0.4 is 0 Å². The molecule has 0 radical (unpaired) electrons. The molecule has 6 heteroatoms. The van der Waals surface area contributed by atoms with Crippen LogP contribution in [0.3, 0.4) is 0 Å². The van der Waals surface area contributed by atoms with Crippen molar-refractivity contribution in [3.8, 4) is 0 Å². The third-order valence-electron chi connectivity index (χ3n) is 4.71. The number of aliphatic hydroxyl groups is 1. The first-order valence-electron chi connectivity index (χ1n) is 8.09. The summed E-state index contributed by atoms with van der Waals surface area (Å²) in [5.41, 5.74) is 2.68. The summed E-state index contributed by atoms with van der Waals surface area (Å²) >= 11 is 0. The van der Waals surface area contributed by atoms with Crippen LogP contribution in [0, 0.1) is 12.8 Å². The number of amides is 1. The van der Waals surface area contributed by atoms with Crippen molar-refractivity contribution < 1.29 is 9.90 Å². The molecule has 1 saturated heterocycles. The maximum Gasteiger partial charge on any atom is 0.270 e. The van der Waals surface area contributed by atoms with E-state index in [1.807, 2.05) is 35.0 Å². The first-order valence-corrected chi connectivity index (χ1v) is 8.09. The lowest BCUT2D eigenvalue weighted by Gasteiger charge is -2.16. The van der Waals surface area contributed by atoms with E-state index in [0.717, 1.165) is 11.1 Å². The van der Waals surface area contributed by atoms with Gasteiger partial charge in [-0.05, 0) is 38.0 Å². The van der Waals surface area contributed by atoms with Crippen LogP contribution >= 0.6 is 0 Å². The highest BCUT2D eigenvalue weighted by Crippen LogP contribution is 2.33. The van der Waals surface area contributed by atoms with Gasteiger partial charge in [-0.25, -0.2) is 0 Å². The van der Waals surface area contributed by atoms with E-state index in [0.29, 0.717) is 24.8 Å². The molecule has 23 heavy (non-hydrogen) atoms. The number of carbonyl (C=O) groups is 1. The molecule has 0 aliphatic carbocycles. The van der Waals surface area contributed by atoms with Gasteiger partial charge in [0.15, 0.2) is 0 Å². The van der Waals surface area contributed by atoms with Crippen molar-refractivity contribution >= 4 is 5.91 Å². The monoisotopic (exact) mass is 316 g/mol.